The van der Waals surface area contributed by atoms with E-state index in [0.29, 0.717) is 26.4 Å². The van der Waals surface area contributed by atoms with Crippen LogP contribution < -0.4 is 0 Å². The van der Waals surface area contributed by atoms with Gasteiger partial charge in [0.1, 0.15) is 6.10 Å². The molecule has 0 amide bonds. The largest absolute Gasteiger partial charge is 0.379 e. The summed E-state index contributed by atoms with van der Waals surface area (Å²) in [5.74, 6) is 2.70. The summed E-state index contributed by atoms with van der Waals surface area (Å²) in [6.45, 7) is 14.5. The molecule has 0 fully saturated rings. The summed E-state index contributed by atoms with van der Waals surface area (Å²) < 4.78 is 16.6. The molecule has 3 heteroatoms. The molecule has 0 saturated carbocycles. The van der Waals surface area contributed by atoms with E-state index in [1.807, 2.05) is 12.2 Å². The minimum Gasteiger partial charge on any atom is -0.379 e. The Bertz CT molecular complexity index is 315. The maximum atomic E-state index is 5.71. The van der Waals surface area contributed by atoms with Crippen LogP contribution in [0.15, 0.2) is 25.3 Å². The molecule has 0 rings (SSSR count). The third kappa shape index (κ3) is 10.3. The second-order valence-electron chi connectivity index (χ2n) is 5.55. The van der Waals surface area contributed by atoms with Crippen molar-refractivity contribution in [1.82, 2.24) is 0 Å². The molecule has 0 saturated heterocycles. The molecule has 0 aliphatic rings. The lowest BCUT2D eigenvalue weighted by molar-refractivity contribution is -0.0281. The Kier molecular flexibility index (Phi) is 12.0. The first-order valence-corrected chi connectivity index (χ1v) is 7.53. The van der Waals surface area contributed by atoms with Crippen LogP contribution in [0.5, 0.6) is 0 Å². The first-order valence-electron chi connectivity index (χ1n) is 7.53. The van der Waals surface area contributed by atoms with E-state index in [9.17, 15) is 0 Å². The third-order valence-electron chi connectivity index (χ3n) is 3.11. The minimum absolute atomic E-state index is 0.106. The Morgan fingerprint density at radius 1 is 1.05 bits per heavy atom. The molecule has 1 atom stereocenters. The summed E-state index contributed by atoms with van der Waals surface area (Å²) in [5.41, 5.74) is -0.106. The van der Waals surface area contributed by atoms with E-state index in [1.54, 1.807) is 0 Å². The van der Waals surface area contributed by atoms with E-state index in [4.69, 9.17) is 20.6 Å². The van der Waals surface area contributed by atoms with Crippen molar-refractivity contribution in [1.29, 1.82) is 0 Å². The topological polar surface area (TPSA) is 27.7 Å². The van der Waals surface area contributed by atoms with Crippen LogP contribution in [0.25, 0.3) is 0 Å². The normalized spacial score (nSPS) is 12.6. The number of hydrogen-bond acceptors (Lipinski definition) is 3. The Balaban J connectivity index is 3.59. The number of terminal acetylenes is 1. The van der Waals surface area contributed by atoms with Crippen molar-refractivity contribution in [3.8, 4) is 12.3 Å². The monoisotopic (exact) mass is 294 g/mol. The van der Waals surface area contributed by atoms with Crippen molar-refractivity contribution < 1.29 is 14.2 Å². The van der Waals surface area contributed by atoms with Crippen LogP contribution in [-0.4, -0.2) is 39.1 Å². The Labute approximate surface area is 130 Å². The molecule has 120 valence electrons. The SMILES string of the molecule is C#CC(OCCOCCOCCCC=C)C(C)(C)CC=C. The van der Waals surface area contributed by atoms with Gasteiger partial charge in [-0.15, -0.1) is 19.6 Å². The molecule has 0 bridgehead atoms. The molecular formula is C18H30O3. The molecule has 0 aliphatic carbocycles. The summed E-state index contributed by atoms with van der Waals surface area (Å²) in [4.78, 5) is 0. The minimum atomic E-state index is -0.228. The zero-order valence-corrected chi connectivity index (χ0v) is 13.6. The average Bonchev–Trinajstić information content (AvgIpc) is 2.44. The number of ether oxygens (including phenoxy) is 3. The molecule has 0 spiro atoms. The van der Waals surface area contributed by atoms with E-state index in [0.717, 1.165) is 25.9 Å². The van der Waals surface area contributed by atoms with Crippen molar-refractivity contribution in [3.05, 3.63) is 25.3 Å². The third-order valence-corrected chi connectivity index (χ3v) is 3.11. The number of unbranched alkanes of at least 4 members (excludes halogenated alkanes) is 1. The van der Waals surface area contributed by atoms with Gasteiger partial charge in [-0.2, -0.15) is 0 Å². The highest BCUT2D eigenvalue weighted by atomic mass is 16.5. The Hall–Kier alpha value is -1.08. The van der Waals surface area contributed by atoms with Gasteiger partial charge in [0.05, 0.1) is 26.4 Å². The summed E-state index contributed by atoms with van der Waals surface area (Å²) in [7, 11) is 0. The second kappa shape index (κ2) is 12.6. The highest BCUT2D eigenvalue weighted by Gasteiger charge is 2.27. The highest BCUT2D eigenvalue weighted by molar-refractivity contribution is 5.04. The van der Waals surface area contributed by atoms with Gasteiger partial charge in [0, 0.05) is 12.0 Å². The van der Waals surface area contributed by atoms with Gasteiger partial charge in [0.15, 0.2) is 0 Å². The predicted molar refractivity (Wildman–Crippen MR) is 88.2 cm³/mol. The maximum absolute atomic E-state index is 5.71. The molecule has 0 aromatic carbocycles. The van der Waals surface area contributed by atoms with Crippen LogP contribution in [0.1, 0.15) is 33.1 Å². The Morgan fingerprint density at radius 2 is 1.67 bits per heavy atom. The number of rotatable bonds is 14. The molecule has 0 aliphatic heterocycles. The molecule has 21 heavy (non-hydrogen) atoms. The van der Waals surface area contributed by atoms with E-state index < -0.39 is 0 Å². The van der Waals surface area contributed by atoms with Crippen LogP contribution in [0.2, 0.25) is 0 Å². The first-order chi connectivity index (χ1) is 10.1. The van der Waals surface area contributed by atoms with Crippen molar-refractivity contribution >= 4 is 0 Å². The molecule has 1 unspecified atom stereocenters. The van der Waals surface area contributed by atoms with Gasteiger partial charge < -0.3 is 14.2 Å². The van der Waals surface area contributed by atoms with Gasteiger partial charge in [0.25, 0.3) is 0 Å². The smallest absolute Gasteiger partial charge is 0.123 e. The van der Waals surface area contributed by atoms with Crippen LogP contribution in [0.4, 0.5) is 0 Å². The van der Waals surface area contributed by atoms with E-state index in [-0.39, 0.29) is 11.5 Å². The van der Waals surface area contributed by atoms with Crippen LogP contribution in [0, 0.1) is 17.8 Å². The summed E-state index contributed by atoms with van der Waals surface area (Å²) in [6.07, 6.45) is 11.9. The van der Waals surface area contributed by atoms with Crippen molar-refractivity contribution in [2.24, 2.45) is 5.41 Å². The number of allylic oxidation sites excluding steroid dienone is 2. The zero-order chi connectivity index (χ0) is 16.0. The van der Waals surface area contributed by atoms with Gasteiger partial charge in [-0.25, -0.2) is 0 Å². The molecular weight excluding hydrogens is 264 g/mol. The molecule has 3 nitrogen and oxygen atoms in total. The molecule has 0 radical (unpaired) electrons. The van der Waals surface area contributed by atoms with Gasteiger partial charge >= 0.3 is 0 Å². The van der Waals surface area contributed by atoms with Gasteiger partial charge in [0.2, 0.25) is 0 Å². The average molecular weight is 294 g/mol. The Morgan fingerprint density at radius 3 is 2.24 bits per heavy atom. The van der Waals surface area contributed by atoms with Crippen LogP contribution in [-0.2, 0) is 14.2 Å². The summed E-state index contributed by atoms with van der Waals surface area (Å²) in [5, 5.41) is 0. The number of hydrogen-bond donors (Lipinski definition) is 0. The van der Waals surface area contributed by atoms with Crippen molar-refractivity contribution in [2.45, 2.75) is 39.2 Å². The summed E-state index contributed by atoms with van der Waals surface area (Å²) in [6, 6.07) is 0. The van der Waals surface area contributed by atoms with Gasteiger partial charge in [-0.3, -0.25) is 0 Å². The predicted octanol–water partition coefficient (Wildman–Crippen LogP) is 3.61. The molecule has 0 N–H and O–H groups in total. The standard InChI is InChI=1S/C18H30O3/c1-6-9-10-12-19-13-14-20-15-16-21-17(8-3)18(4,5)11-7-2/h3,6-7,17H,1-2,9-16H2,4-5H3. The highest BCUT2D eigenvalue weighted by Crippen LogP contribution is 2.27. The maximum Gasteiger partial charge on any atom is 0.123 e. The van der Waals surface area contributed by atoms with Crippen LogP contribution >= 0.6 is 0 Å². The van der Waals surface area contributed by atoms with Crippen molar-refractivity contribution in [2.75, 3.05) is 33.0 Å². The fourth-order valence-electron chi connectivity index (χ4n) is 1.85. The molecule has 0 heterocycles. The lowest BCUT2D eigenvalue weighted by atomic mass is 9.83. The molecule has 0 aromatic heterocycles. The van der Waals surface area contributed by atoms with Gasteiger partial charge in [-0.1, -0.05) is 31.9 Å². The molecule has 0 aromatic rings. The van der Waals surface area contributed by atoms with E-state index in [1.165, 1.54) is 0 Å². The van der Waals surface area contributed by atoms with Crippen molar-refractivity contribution in [3.63, 3.8) is 0 Å². The second-order valence-corrected chi connectivity index (χ2v) is 5.55. The van der Waals surface area contributed by atoms with Gasteiger partial charge in [-0.05, 0) is 19.3 Å². The summed E-state index contributed by atoms with van der Waals surface area (Å²) >= 11 is 0. The van der Waals surface area contributed by atoms with E-state index in [2.05, 4.69) is 32.9 Å². The van der Waals surface area contributed by atoms with Crippen LogP contribution in [0.3, 0.4) is 0 Å². The fraction of sp³-hybridized carbons (Fsp3) is 0.667. The lowest BCUT2D eigenvalue weighted by Gasteiger charge is -2.29. The lowest BCUT2D eigenvalue weighted by Crippen LogP contribution is -2.31. The fourth-order valence-corrected chi connectivity index (χ4v) is 1.85. The quantitative estimate of drug-likeness (QED) is 0.278. The first kappa shape index (κ1) is 19.9. The van der Waals surface area contributed by atoms with E-state index >= 15 is 0 Å². The zero-order valence-electron chi connectivity index (χ0n) is 13.6.